The second-order valence-electron chi connectivity index (χ2n) is 5.11. The molecule has 106 valence electrons. The Balaban J connectivity index is 2.51. The molecular weight excluding hydrogens is 226 g/mol. The van der Waals surface area contributed by atoms with Crippen molar-refractivity contribution in [2.45, 2.75) is 52.0 Å². The first-order valence-electron chi connectivity index (χ1n) is 7.44. The average Bonchev–Trinajstić information content (AvgIpc) is 2.66. The van der Waals surface area contributed by atoms with Gasteiger partial charge in [-0.3, -0.25) is 9.69 Å². The van der Waals surface area contributed by atoms with E-state index in [0.717, 1.165) is 26.2 Å². The van der Waals surface area contributed by atoms with Crippen LogP contribution in [0, 0.1) is 0 Å². The lowest BCUT2D eigenvalue weighted by Crippen LogP contribution is -2.45. The number of hydrogen-bond donors (Lipinski definition) is 1. The Morgan fingerprint density at radius 3 is 2.17 bits per heavy atom. The molecule has 1 saturated heterocycles. The van der Waals surface area contributed by atoms with E-state index >= 15 is 0 Å². The molecule has 0 saturated carbocycles. The van der Waals surface area contributed by atoms with Crippen LogP contribution in [-0.2, 0) is 4.79 Å². The summed E-state index contributed by atoms with van der Waals surface area (Å²) < 4.78 is 0. The van der Waals surface area contributed by atoms with E-state index in [2.05, 4.69) is 4.90 Å². The summed E-state index contributed by atoms with van der Waals surface area (Å²) in [5.41, 5.74) is 5.87. The predicted molar refractivity (Wildman–Crippen MR) is 75.4 cm³/mol. The molecule has 0 radical (unpaired) electrons. The maximum atomic E-state index is 12.1. The fraction of sp³-hybridized carbons (Fsp3) is 0.929. The second-order valence-corrected chi connectivity index (χ2v) is 5.11. The Labute approximate surface area is 111 Å². The predicted octanol–water partition coefficient (Wildman–Crippen LogP) is 1.45. The molecule has 18 heavy (non-hydrogen) atoms. The number of carbonyl (C=O) groups is 1. The van der Waals surface area contributed by atoms with Gasteiger partial charge in [-0.15, -0.1) is 0 Å². The molecule has 1 fully saturated rings. The molecule has 1 atom stereocenters. The first kappa shape index (κ1) is 15.4. The zero-order valence-electron chi connectivity index (χ0n) is 12.0. The maximum absolute atomic E-state index is 12.1. The van der Waals surface area contributed by atoms with Crippen LogP contribution in [0.2, 0.25) is 0 Å². The van der Waals surface area contributed by atoms with Crippen molar-refractivity contribution in [3.8, 4) is 0 Å². The molecule has 1 unspecified atom stereocenters. The summed E-state index contributed by atoms with van der Waals surface area (Å²) in [5, 5.41) is 0. The Morgan fingerprint density at radius 2 is 1.72 bits per heavy atom. The molecule has 1 rings (SSSR count). The SMILES string of the molecule is CCN(CC)C(=O)CC(CN)N1CCCCCC1. The van der Waals surface area contributed by atoms with Crippen molar-refractivity contribution in [3.63, 3.8) is 0 Å². The van der Waals surface area contributed by atoms with Crippen molar-refractivity contribution in [2.75, 3.05) is 32.7 Å². The van der Waals surface area contributed by atoms with Crippen LogP contribution in [0.1, 0.15) is 46.0 Å². The number of likely N-dealkylation sites (tertiary alicyclic amines) is 1. The van der Waals surface area contributed by atoms with Gasteiger partial charge >= 0.3 is 0 Å². The first-order chi connectivity index (χ1) is 8.72. The van der Waals surface area contributed by atoms with Crippen LogP contribution < -0.4 is 5.73 Å². The normalized spacial score (nSPS) is 19.3. The van der Waals surface area contributed by atoms with Gasteiger partial charge in [0.1, 0.15) is 0 Å². The third-order valence-electron chi connectivity index (χ3n) is 3.96. The molecule has 0 aromatic rings. The van der Waals surface area contributed by atoms with E-state index in [-0.39, 0.29) is 11.9 Å². The van der Waals surface area contributed by atoms with Gasteiger partial charge in [-0.25, -0.2) is 0 Å². The van der Waals surface area contributed by atoms with Crippen LogP contribution >= 0.6 is 0 Å². The van der Waals surface area contributed by atoms with E-state index in [1.54, 1.807) is 0 Å². The summed E-state index contributed by atoms with van der Waals surface area (Å²) in [7, 11) is 0. The van der Waals surface area contributed by atoms with E-state index in [1.165, 1.54) is 25.7 Å². The van der Waals surface area contributed by atoms with Crippen LogP contribution in [0.4, 0.5) is 0 Å². The lowest BCUT2D eigenvalue weighted by Gasteiger charge is -2.31. The number of carbonyl (C=O) groups excluding carboxylic acids is 1. The molecule has 0 aromatic heterocycles. The summed E-state index contributed by atoms with van der Waals surface area (Å²) in [4.78, 5) is 16.5. The van der Waals surface area contributed by atoms with E-state index < -0.39 is 0 Å². The summed E-state index contributed by atoms with van der Waals surface area (Å²) in [5.74, 6) is 0.250. The summed E-state index contributed by atoms with van der Waals surface area (Å²) in [6, 6.07) is 0.233. The number of rotatable bonds is 6. The quantitative estimate of drug-likeness (QED) is 0.781. The maximum Gasteiger partial charge on any atom is 0.224 e. The van der Waals surface area contributed by atoms with Crippen molar-refractivity contribution in [3.05, 3.63) is 0 Å². The number of hydrogen-bond acceptors (Lipinski definition) is 3. The van der Waals surface area contributed by atoms with Gasteiger partial charge in [0.15, 0.2) is 0 Å². The van der Waals surface area contributed by atoms with Gasteiger partial charge in [0.2, 0.25) is 5.91 Å². The monoisotopic (exact) mass is 255 g/mol. The van der Waals surface area contributed by atoms with Crippen molar-refractivity contribution < 1.29 is 4.79 Å². The van der Waals surface area contributed by atoms with Crippen LogP contribution in [0.25, 0.3) is 0 Å². The Morgan fingerprint density at radius 1 is 1.17 bits per heavy atom. The molecule has 0 aromatic carbocycles. The molecule has 4 nitrogen and oxygen atoms in total. The van der Waals surface area contributed by atoms with E-state index in [0.29, 0.717) is 13.0 Å². The van der Waals surface area contributed by atoms with Gasteiger partial charge in [0.25, 0.3) is 0 Å². The topological polar surface area (TPSA) is 49.6 Å². The van der Waals surface area contributed by atoms with E-state index in [1.807, 2.05) is 18.7 Å². The smallest absolute Gasteiger partial charge is 0.224 e. The molecule has 0 spiro atoms. The number of nitrogens with two attached hydrogens (primary N) is 1. The van der Waals surface area contributed by atoms with Gasteiger partial charge in [-0.05, 0) is 39.8 Å². The molecule has 1 aliphatic rings. The highest BCUT2D eigenvalue weighted by atomic mass is 16.2. The largest absolute Gasteiger partial charge is 0.343 e. The summed E-state index contributed by atoms with van der Waals surface area (Å²) in [6.07, 6.45) is 5.71. The van der Waals surface area contributed by atoms with E-state index in [4.69, 9.17) is 5.73 Å². The lowest BCUT2D eigenvalue weighted by atomic mass is 10.1. The second kappa shape index (κ2) is 8.48. The minimum Gasteiger partial charge on any atom is -0.343 e. The molecule has 0 aliphatic carbocycles. The molecular formula is C14H29N3O. The standard InChI is InChI=1S/C14H29N3O/c1-3-16(4-2)14(18)11-13(12-15)17-9-7-5-6-8-10-17/h13H,3-12,15H2,1-2H3. The Hall–Kier alpha value is -0.610. The highest BCUT2D eigenvalue weighted by molar-refractivity contribution is 5.76. The van der Waals surface area contributed by atoms with Gasteiger partial charge in [0, 0.05) is 32.1 Å². The highest BCUT2D eigenvalue weighted by Crippen LogP contribution is 2.14. The Bertz CT molecular complexity index is 233. The third-order valence-corrected chi connectivity index (χ3v) is 3.96. The van der Waals surface area contributed by atoms with E-state index in [9.17, 15) is 4.79 Å². The Kier molecular flexibility index (Phi) is 7.28. The van der Waals surface area contributed by atoms with Crippen LogP contribution in [0.15, 0.2) is 0 Å². The fourth-order valence-corrected chi connectivity index (χ4v) is 2.73. The summed E-state index contributed by atoms with van der Waals surface area (Å²) >= 11 is 0. The van der Waals surface area contributed by atoms with Crippen molar-refractivity contribution in [2.24, 2.45) is 5.73 Å². The number of nitrogens with zero attached hydrogens (tertiary/aromatic N) is 2. The van der Waals surface area contributed by atoms with Crippen LogP contribution in [0.5, 0.6) is 0 Å². The lowest BCUT2D eigenvalue weighted by molar-refractivity contribution is -0.132. The highest BCUT2D eigenvalue weighted by Gasteiger charge is 2.22. The molecule has 4 heteroatoms. The van der Waals surface area contributed by atoms with Gasteiger partial charge < -0.3 is 10.6 Å². The third kappa shape index (κ3) is 4.58. The fourth-order valence-electron chi connectivity index (χ4n) is 2.73. The minimum atomic E-state index is 0.233. The molecule has 2 N–H and O–H groups in total. The average molecular weight is 255 g/mol. The van der Waals surface area contributed by atoms with Crippen molar-refractivity contribution in [1.82, 2.24) is 9.80 Å². The number of amides is 1. The molecule has 1 aliphatic heterocycles. The molecule has 1 heterocycles. The van der Waals surface area contributed by atoms with Crippen molar-refractivity contribution in [1.29, 1.82) is 0 Å². The summed E-state index contributed by atoms with van der Waals surface area (Å²) in [6.45, 7) is 8.46. The molecule has 0 bridgehead atoms. The minimum absolute atomic E-state index is 0.233. The zero-order chi connectivity index (χ0) is 13.4. The van der Waals surface area contributed by atoms with Gasteiger partial charge in [-0.2, -0.15) is 0 Å². The van der Waals surface area contributed by atoms with Gasteiger partial charge in [0.05, 0.1) is 0 Å². The zero-order valence-corrected chi connectivity index (χ0v) is 12.0. The molecule has 1 amide bonds. The first-order valence-corrected chi connectivity index (χ1v) is 7.44. The van der Waals surface area contributed by atoms with Crippen molar-refractivity contribution >= 4 is 5.91 Å². The van der Waals surface area contributed by atoms with Gasteiger partial charge in [-0.1, -0.05) is 12.8 Å². The van der Waals surface area contributed by atoms with Crippen LogP contribution in [-0.4, -0.2) is 54.5 Å². The van der Waals surface area contributed by atoms with Crippen LogP contribution in [0.3, 0.4) is 0 Å².